The van der Waals surface area contributed by atoms with Crippen molar-refractivity contribution in [2.45, 2.75) is 32.9 Å². The molecule has 0 aliphatic rings. The molecule has 0 saturated carbocycles. The number of aryl methyl sites for hydroxylation is 1. The summed E-state index contributed by atoms with van der Waals surface area (Å²) in [6, 6.07) is 10.6. The summed E-state index contributed by atoms with van der Waals surface area (Å²) in [5.41, 5.74) is 1.69. The van der Waals surface area contributed by atoms with E-state index < -0.39 is 16.3 Å². The van der Waals surface area contributed by atoms with Crippen LogP contribution in [0.25, 0.3) is 0 Å². The molecule has 1 unspecified atom stereocenters. The van der Waals surface area contributed by atoms with Gasteiger partial charge in [0.15, 0.2) is 5.76 Å². The Balaban J connectivity index is 1.94. The van der Waals surface area contributed by atoms with Crippen LogP contribution in [0.15, 0.2) is 40.9 Å². The fraction of sp³-hybridized carbons (Fsp3) is 0.357. The van der Waals surface area contributed by atoms with E-state index in [1.165, 1.54) is 0 Å². The Bertz CT molecular complexity index is 668. The highest BCUT2D eigenvalue weighted by Crippen LogP contribution is 2.14. The second kappa shape index (κ2) is 6.84. The number of nitrogens with zero attached hydrogens (tertiary/aromatic N) is 1. The first-order valence-electron chi connectivity index (χ1n) is 6.76. The van der Waals surface area contributed by atoms with Crippen LogP contribution in [0.3, 0.4) is 0 Å². The van der Waals surface area contributed by atoms with E-state index in [0.29, 0.717) is 5.76 Å². The molecule has 2 aromatic rings. The van der Waals surface area contributed by atoms with Crippen LogP contribution in [-0.2, 0) is 23.2 Å². The average molecular weight is 309 g/mol. The van der Waals surface area contributed by atoms with E-state index in [2.05, 4.69) is 14.6 Å². The second-order valence-corrected chi connectivity index (χ2v) is 6.26. The Morgan fingerprint density at radius 1 is 1.29 bits per heavy atom. The highest BCUT2D eigenvalue weighted by Gasteiger charge is 2.18. The predicted octanol–water partition coefficient (Wildman–Crippen LogP) is 1.92. The average Bonchev–Trinajstić information content (AvgIpc) is 2.95. The van der Waals surface area contributed by atoms with Crippen molar-refractivity contribution in [2.75, 3.05) is 0 Å². The molecule has 1 heterocycles. The highest BCUT2D eigenvalue weighted by atomic mass is 32.2. The van der Waals surface area contributed by atoms with Crippen molar-refractivity contribution < 1.29 is 12.9 Å². The molecule has 21 heavy (non-hydrogen) atoms. The monoisotopic (exact) mass is 309 g/mol. The van der Waals surface area contributed by atoms with E-state index in [1.807, 2.05) is 37.3 Å². The summed E-state index contributed by atoms with van der Waals surface area (Å²) in [5, 5.41) is 3.85. The zero-order chi connectivity index (χ0) is 15.3. The number of hydrogen-bond acceptors (Lipinski definition) is 4. The molecule has 1 aromatic carbocycles. The minimum Gasteiger partial charge on any atom is -0.359 e. The molecule has 0 aliphatic heterocycles. The van der Waals surface area contributed by atoms with Crippen LogP contribution in [0.4, 0.5) is 0 Å². The third-order valence-corrected chi connectivity index (χ3v) is 4.20. The third-order valence-electron chi connectivity index (χ3n) is 3.01. The predicted molar refractivity (Wildman–Crippen MR) is 79.6 cm³/mol. The topological polar surface area (TPSA) is 84.2 Å². The van der Waals surface area contributed by atoms with Crippen molar-refractivity contribution in [1.29, 1.82) is 0 Å². The van der Waals surface area contributed by atoms with Gasteiger partial charge in [-0.25, -0.2) is 0 Å². The molecule has 0 spiro atoms. The Morgan fingerprint density at radius 3 is 2.62 bits per heavy atom. The SMILES string of the molecule is CCc1cc(C(C)NS(=O)(=O)NCc2ccccc2)on1. The lowest BCUT2D eigenvalue weighted by atomic mass is 10.2. The fourth-order valence-electron chi connectivity index (χ4n) is 1.81. The van der Waals surface area contributed by atoms with Crippen LogP contribution in [0.1, 0.15) is 36.9 Å². The highest BCUT2D eigenvalue weighted by molar-refractivity contribution is 7.87. The van der Waals surface area contributed by atoms with Crippen molar-refractivity contribution in [2.24, 2.45) is 0 Å². The number of aromatic nitrogens is 1. The Labute approximate surface area is 124 Å². The van der Waals surface area contributed by atoms with Gasteiger partial charge >= 0.3 is 0 Å². The Hall–Kier alpha value is -1.70. The summed E-state index contributed by atoms with van der Waals surface area (Å²) >= 11 is 0. The first-order chi connectivity index (χ1) is 10.00. The quantitative estimate of drug-likeness (QED) is 0.818. The summed E-state index contributed by atoms with van der Waals surface area (Å²) in [4.78, 5) is 0. The molecule has 0 fully saturated rings. The van der Waals surface area contributed by atoms with Crippen LogP contribution in [-0.4, -0.2) is 13.6 Å². The summed E-state index contributed by atoms with van der Waals surface area (Å²) in [5.74, 6) is 0.497. The van der Waals surface area contributed by atoms with Gasteiger partial charge in [0.05, 0.1) is 11.7 Å². The van der Waals surface area contributed by atoms with E-state index >= 15 is 0 Å². The molecule has 6 nitrogen and oxygen atoms in total. The van der Waals surface area contributed by atoms with Gasteiger partial charge in [-0.15, -0.1) is 0 Å². The van der Waals surface area contributed by atoms with Crippen LogP contribution in [0.5, 0.6) is 0 Å². The van der Waals surface area contributed by atoms with E-state index in [0.717, 1.165) is 17.7 Å². The summed E-state index contributed by atoms with van der Waals surface area (Å²) in [6.45, 7) is 3.90. The molecule has 7 heteroatoms. The number of nitrogens with one attached hydrogen (secondary N) is 2. The molecule has 0 aliphatic carbocycles. The smallest absolute Gasteiger partial charge is 0.277 e. The van der Waals surface area contributed by atoms with Gasteiger partial charge < -0.3 is 4.52 Å². The lowest BCUT2D eigenvalue weighted by molar-refractivity contribution is 0.355. The van der Waals surface area contributed by atoms with Crippen LogP contribution < -0.4 is 9.44 Å². The maximum atomic E-state index is 12.0. The maximum Gasteiger partial charge on any atom is 0.277 e. The van der Waals surface area contributed by atoms with Gasteiger partial charge in [-0.2, -0.15) is 17.9 Å². The molecular weight excluding hydrogens is 290 g/mol. The van der Waals surface area contributed by atoms with Crippen LogP contribution in [0, 0.1) is 0 Å². The first kappa shape index (κ1) is 15.7. The van der Waals surface area contributed by atoms with E-state index in [-0.39, 0.29) is 6.54 Å². The molecule has 1 atom stereocenters. The molecule has 2 N–H and O–H groups in total. The zero-order valence-electron chi connectivity index (χ0n) is 12.0. The summed E-state index contributed by atoms with van der Waals surface area (Å²) < 4.78 is 34.1. The number of benzene rings is 1. The Kier molecular flexibility index (Phi) is 5.11. The second-order valence-electron chi connectivity index (χ2n) is 4.72. The van der Waals surface area contributed by atoms with Crippen molar-refractivity contribution in [3.05, 3.63) is 53.4 Å². The summed E-state index contributed by atoms with van der Waals surface area (Å²) in [7, 11) is -3.61. The normalized spacial score (nSPS) is 13.2. The van der Waals surface area contributed by atoms with E-state index in [1.54, 1.807) is 13.0 Å². The van der Waals surface area contributed by atoms with E-state index in [4.69, 9.17) is 4.52 Å². The third kappa shape index (κ3) is 4.66. The molecule has 0 bridgehead atoms. The van der Waals surface area contributed by atoms with Gasteiger partial charge in [0.2, 0.25) is 0 Å². The van der Waals surface area contributed by atoms with Crippen LogP contribution >= 0.6 is 0 Å². The van der Waals surface area contributed by atoms with Crippen molar-refractivity contribution in [1.82, 2.24) is 14.6 Å². The standard InChI is InChI=1S/C14H19N3O3S/c1-3-13-9-14(20-16-13)11(2)17-21(18,19)15-10-12-7-5-4-6-8-12/h4-9,11,15,17H,3,10H2,1-2H3. The van der Waals surface area contributed by atoms with Gasteiger partial charge in [0, 0.05) is 12.6 Å². The molecule has 2 rings (SSSR count). The number of hydrogen-bond donors (Lipinski definition) is 2. The van der Waals surface area contributed by atoms with Gasteiger partial charge in [-0.3, -0.25) is 0 Å². The first-order valence-corrected chi connectivity index (χ1v) is 8.25. The molecule has 114 valence electrons. The largest absolute Gasteiger partial charge is 0.359 e. The van der Waals surface area contributed by atoms with Crippen LogP contribution in [0.2, 0.25) is 0 Å². The van der Waals surface area contributed by atoms with E-state index in [9.17, 15) is 8.42 Å². The zero-order valence-corrected chi connectivity index (χ0v) is 12.9. The summed E-state index contributed by atoms with van der Waals surface area (Å²) in [6.07, 6.45) is 0.745. The number of rotatable bonds is 7. The molecule has 0 radical (unpaired) electrons. The molecule has 1 aromatic heterocycles. The molecule has 0 saturated heterocycles. The minimum absolute atomic E-state index is 0.236. The van der Waals surface area contributed by atoms with Gasteiger partial charge in [-0.05, 0) is 18.9 Å². The minimum atomic E-state index is -3.61. The van der Waals surface area contributed by atoms with Crippen molar-refractivity contribution >= 4 is 10.2 Å². The van der Waals surface area contributed by atoms with Gasteiger partial charge in [0.1, 0.15) is 0 Å². The fourth-order valence-corrected chi connectivity index (χ4v) is 2.83. The Morgan fingerprint density at radius 2 is 2.00 bits per heavy atom. The molecule has 0 amide bonds. The maximum absolute atomic E-state index is 12.0. The lowest BCUT2D eigenvalue weighted by Crippen LogP contribution is -2.37. The van der Waals surface area contributed by atoms with Crippen molar-refractivity contribution in [3.63, 3.8) is 0 Å². The van der Waals surface area contributed by atoms with Gasteiger partial charge in [-0.1, -0.05) is 42.4 Å². The van der Waals surface area contributed by atoms with Gasteiger partial charge in [0.25, 0.3) is 10.2 Å². The van der Waals surface area contributed by atoms with Crippen molar-refractivity contribution in [3.8, 4) is 0 Å². The lowest BCUT2D eigenvalue weighted by Gasteiger charge is -2.12. The molecular formula is C14H19N3O3S.